The number of halogens is 1. The maximum absolute atomic E-state index is 14.3. The number of sulfonamides is 1. The van der Waals surface area contributed by atoms with Crippen LogP contribution in [0.4, 0.5) is 15.8 Å². The fourth-order valence-electron chi connectivity index (χ4n) is 5.76. The summed E-state index contributed by atoms with van der Waals surface area (Å²) in [5.41, 5.74) is 6.16. The van der Waals surface area contributed by atoms with Gasteiger partial charge in [-0.25, -0.2) is 12.8 Å². The van der Waals surface area contributed by atoms with Crippen molar-refractivity contribution in [1.29, 1.82) is 0 Å². The molecule has 47 heavy (non-hydrogen) atoms. The van der Waals surface area contributed by atoms with Crippen LogP contribution < -0.4 is 9.21 Å². The molecule has 0 fully saturated rings. The van der Waals surface area contributed by atoms with Crippen LogP contribution in [0.2, 0.25) is 0 Å². The van der Waals surface area contributed by atoms with Crippen molar-refractivity contribution in [1.82, 2.24) is 9.97 Å². The summed E-state index contributed by atoms with van der Waals surface area (Å²) in [6.45, 7) is 0. The number of benzene rings is 4. The van der Waals surface area contributed by atoms with E-state index in [9.17, 15) is 17.6 Å². The Hall–Kier alpha value is -5.74. The molecule has 0 aliphatic carbocycles. The minimum absolute atomic E-state index is 0.239. The van der Waals surface area contributed by atoms with E-state index in [0.29, 0.717) is 33.5 Å². The van der Waals surface area contributed by atoms with E-state index in [1.54, 1.807) is 55.8 Å². The van der Waals surface area contributed by atoms with Gasteiger partial charge in [-0.1, -0.05) is 36.4 Å². The first kappa shape index (κ1) is 29.9. The van der Waals surface area contributed by atoms with Crippen molar-refractivity contribution in [2.24, 2.45) is 0 Å². The molecule has 0 bridgehead atoms. The number of aromatic nitrogens is 2. The number of carbonyl (C=O) groups excluding carboxylic acids is 1. The Balaban J connectivity index is 1.47. The number of pyridine rings is 1. The molecule has 3 heterocycles. The third-order valence-electron chi connectivity index (χ3n) is 8.33. The standard InChI is InChI=1S/C37H29FN4O4S/c1-41(28-15-17-39-18-16-28)37(43)35-30-21-29(24-8-6-9-25(19-24)32-20-26-7-4-5-10-31(26)40-32)33(42(2)47(3,44)45)22-34(30)46-36(35)23-11-13-27(38)14-12-23/h4-22,40H,1-3H3. The minimum Gasteiger partial charge on any atom is -0.455 e. The van der Waals surface area contributed by atoms with Crippen molar-refractivity contribution in [2.75, 3.05) is 29.6 Å². The molecular weight excluding hydrogens is 615 g/mol. The number of amides is 1. The number of hydrogen-bond donors (Lipinski definition) is 1. The van der Waals surface area contributed by atoms with Crippen LogP contribution in [-0.2, 0) is 10.0 Å². The molecule has 0 spiro atoms. The smallest absolute Gasteiger partial charge is 0.262 e. The van der Waals surface area contributed by atoms with Crippen LogP contribution in [0.15, 0.2) is 120 Å². The first-order valence-corrected chi connectivity index (χ1v) is 16.6. The summed E-state index contributed by atoms with van der Waals surface area (Å²) in [5.74, 6) is -0.556. The molecule has 4 aromatic carbocycles. The number of nitrogens with one attached hydrogen (secondary N) is 1. The predicted octanol–water partition coefficient (Wildman–Crippen LogP) is 8.12. The Bertz CT molecular complexity index is 2370. The van der Waals surface area contributed by atoms with Crippen LogP contribution in [0.3, 0.4) is 0 Å². The molecule has 1 N–H and O–H groups in total. The molecule has 3 aromatic heterocycles. The lowest BCUT2D eigenvalue weighted by Gasteiger charge is -2.21. The van der Waals surface area contributed by atoms with Gasteiger partial charge in [0, 0.05) is 71.4 Å². The Morgan fingerprint density at radius 3 is 2.28 bits per heavy atom. The normalized spacial score (nSPS) is 11.7. The van der Waals surface area contributed by atoms with Gasteiger partial charge in [-0.2, -0.15) is 0 Å². The summed E-state index contributed by atoms with van der Waals surface area (Å²) in [4.78, 5) is 23.3. The average Bonchev–Trinajstić information content (AvgIpc) is 3.69. The Morgan fingerprint density at radius 2 is 1.55 bits per heavy atom. The first-order chi connectivity index (χ1) is 22.6. The zero-order valence-electron chi connectivity index (χ0n) is 25.7. The van der Waals surface area contributed by atoms with Crippen molar-refractivity contribution in [3.63, 3.8) is 0 Å². The molecule has 0 saturated heterocycles. The molecular formula is C37H29FN4O4S. The molecule has 7 rings (SSSR count). The highest BCUT2D eigenvalue weighted by molar-refractivity contribution is 7.92. The van der Waals surface area contributed by atoms with Gasteiger partial charge in [-0.3, -0.25) is 14.1 Å². The third-order valence-corrected chi connectivity index (χ3v) is 9.52. The topological polar surface area (TPSA) is 99.5 Å². The number of aromatic amines is 1. The molecule has 0 unspecified atom stereocenters. The molecule has 0 aliphatic rings. The number of carbonyl (C=O) groups is 1. The molecule has 0 aliphatic heterocycles. The first-order valence-electron chi connectivity index (χ1n) is 14.8. The summed E-state index contributed by atoms with van der Waals surface area (Å²) in [6.07, 6.45) is 4.32. The van der Waals surface area contributed by atoms with Gasteiger partial charge in [0.05, 0.1) is 17.5 Å². The van der Waals surface area contributed by atoms with E-state index in [1.807, 2.05) is 48.5 Å². The molecule has 0 radical (unpaired) electrons. The monoisotopic (exact) mass is 644 g/mol. The summed E-state index contributed by atoms with van der Waals surface area (Å²) < 4.78 is 47.3. The van der Waals surface area contributed by atoms with E-state index in [4.69, 9.17) is 4.42 Å². The summed E-state index contributed by atoms with van der Waals surface area (Å²) >= 11 is 0. The van der Waals surface area contributed by atoms with Crippen molar-refractivity contribution in [2.45, 2.75) is 0 Å². The lowest BCUT2D eigenvalue weighted by molar-refractivity contribution is 0.0994. The van der Waals surface area contributed by atoms with Gasteiger partial charge in [0.25, 0.3) is 5.91 Å². The Morgan fingerprint density at radius 1 is 0.830 bits per heavy atom. The van der Waals surface area contributed by atoms with Gasteiger partial charge in [0.1, 0.15) is 17.2 Å². The van der Waals surface area contributed by atoms with E-state index in [2.05, 4.69) is 16.0 Å². The average molecular weight is 645 g/mol. The minimum atomic E-state index is -3.70. The number of nitrogens with zero attached hydrogens (tertiary/aromatic N) is 3. The van der Waals surface area contributed by atoms with Gasteiger partial charge < -0.3 is 14.3 Å². The number of fused-ring (bicyclic) bond motifs is 2. The van der Waals surface area contributed by atoms with Gasteiger partial charge >= 0.3 is 0 Å². The Labute approximate surface area is 270 Å². The lowest BCUT2D eigenvalue weighted by atomic mass is 9.96. The van der Waals surface area contributed by atoms with Crippen molar-refractivity contribution in [3.8, 4) is 33.7 Å². The molecule has 1 amide bonds. The van der Waals surface area contributed by atoms with Crippen LogP contribution >= 0.6 is 0 Å². The zero-order chi connectivity index (χ0) is 32.9. The number of H-pyrrole nitrogens is 1. The second-order valence-electron chi connectivity index (χ2n) is 11.3. The number of rotatable bonds is 7. The van der Waals surface area contributed by atoms with Crippen molar-refractivity contribution in [3.05, 3.63) is 127 Å². The Kier molecular flexibility index (Phi) is 7.37. The van der Waals surface area contributed by atoms with Gasteiger partial charge in [-0.15, -0.1) is 0 Å². The largest absolute Gasteiger partial charge is 0.455 e. The van der Waals surface area contributed by atoms with Gasteiger partial charge in [0.15, 0.2) is 0 Å². The SMILES string of the molecule is CN(C(=O)c1c(-c2ccc(F)cc2)oc2cc(N(C)S(C)(=O)=O)c(-c3cccc(-c4cc5ccccc5[nH]4)c3)cc12)c1ccncc1. The van der Waals surface area contributed by atoms with E-state index >= 15 is 0 Å². The quantitative estimate of drug-likeness (QED) is 0.189. The molecule has 7 aromatic rings. The van der Waals surface area contributed by atoms with Crippen LogP contribution in [0.1, 0.15) is 10.4 Å². The number of hydrogen-bond acceptors (Lipinski definition) is 5. The second kappa shape index (κ2) is 11.6. The maximum Gasteiger partial charge on any atom is 0.262 e. The molecule has 10 heteroatoms. The fourth-order valence-corrected chi connectivity index (χ4v) is 6.26. The summed E-state index contributed by atoms with van der Waals surface area (Å²) in [5, 5.41) is 1.55. The van der Waals surface area contributed by atoms with E-state index in [-0.39, 0.29) is 17.2 Å². The van der Waals surface area contributed by atoms with E-state index < -0.39 is 15.8 Å². The van der Waals surface area contributed by atoms with Gasteiger partial charge in [-0.05, 0) is 71.8 Å². The molecule has 0 saturated carbocycles. The molecule has 8 nitrogen and oxygen atoms in total. The van der Waals surface area contributed by atoms with E-state index in [1.165, 1.54) is 28.4 Å². The highest BCUT2D eigenvalue weighted by Gasteiger charge is 2.28. The highest BCUT2D eigenvalue weighted by atomic mass is 32.2. The number of para-hydroxylation sites is 1. The van der Waals surface area contributed by atoms with Gasteiger partial charge in [0.2, 0.25) is 10.0 Å². The second-order valence-corrected chi connectivity index (χ2v) is 13.3. The predicted molar refractivity (Wildman–Crippen MR) is 185 cm³/mol. The number of furan rings is 1. The van der Waals surface area contributed by atoms with Crippen LogP contribution in [0.25, 0.3) is 55.6 Å². The zero-order valence-corrected chi connectivity index (χ0v) is 26.5. The fraction of sp³-hybridized carbons (Fsp3) is 0.0811. The number of anilines is 2. The van der Waals surface area contributed by atoms with Crippen LogP contribution in [0.5, 0.6) is 0 Å². The third kappa shape index (κ3) is 5.53. The summed E-state index contributed by atoms with van der Waals surface area (Å²) in [6, 6.07) is 30.4. The van der Waals surface area contributed by atoms with Crippen molar-refractivity contribution < 1.29 is 22.0 Å². The summed E-state index contributed by atoms with van der Waals surface area (Å²) in [7, 11) is -0.563. The molecule has 234 valence electrons. The molecule has 0 atom stereocenters. The maximum atomic E-state index is 14.3. The van der Waals surface area contributed by atoms with Crippen LogP contribution in [-0.4, -0.2) is 44.6 Å². The van der Waals surface area contributed by atoms with E-state index in [0.717, 1.165) is 34.0 Å². The highest BCUT2D eigenvalue weighted by Crippen LogP contribution is 2.42. The van der Waals surface area contributed by atoms with Crippen molar-refractivity contribution >= 4 is 49.2 Å². The lowest BCUT2D eigenvalue weighted by Crippen LogP contribution is -2.26. The van der Waals surface area contributed by atoms with Crippen LogP contribution in [0, 0.1) is 5.82 Å².